The molecule has 0 aliphatic carbocycles. The van der Waals surface area contributed by atoms with Gasteiger partial charge in [-0.05, 0) is 121 Å². The van der Waals surface area contributed by atoms with Crippen molar-refractivity contribution in [3.05, 3.63) is 180 Å². The second-order valence-electron chi connectivity index (χ2n) is 19.9. The first-order valence-corrected chi connectivity index (χ1v) is 21.5. The zero-order valence-corrected chi connectivity index (χ0v) is 36.5. The largest absolute Gasteiger partial charge is 0.309 e. The topological polar surface area (TPSA) is 8.17 Å². The van der Waals surface area contributed by atoms with Gasteiger partial charge in [-0.15, -0.1) is 0 Å². The molecule has 0 spiro atoms. The quantitative estimate of drug-likeness (QED) is 0.158. The lowest BCUT2D eigenvalue weighted by Gasteiger charge is -2.31. The Labute approximate surface area is 355 Å². The van der Waals surface area contributed by atoms with Gasteiger partial charge in [-0.3, -0.25) is 0 Å². The third-order valence-corrected chi connectivity index (χ3v) is 12.8. The molecule has 1 heterocycles. The van der Waals surface area contributed by atoms with Crippen LogP contribution >= 0.6 is 0 Å². The highest BCUT2D eigenvalue weighted by molar-refractivity contribution is 6.27. The fourth-order valence-corrected chi connectivity index (χ4v) is 9.41. The monoisotopic (exact) mass is 778 g/mol. The molecular formula is C58H54N2. The van der Waals surface area contributed by atoms with Crippen molar-refractivity contribution in [2.75, 3.05) is 4.90 Å². The molecule has 0 saturated carbocycles. The number of anilines is 3. The Morgan fingerprint density at radius 2 is 0.850 bits per heavy atom. The fraction of sp³-hybridized carbons (Fsp3) is 0.207. The summed E-state index contributed by atoms with van der Waals surface area (Å²) in [5.41, 5.74) is 13.7. The fourth-order valence-electron chi connectivity index (χ4n) is 9.41. The van der Waals surface area contributed by atoms with Crippen LogP contribution in [0.2, 0.25) is 0 Å². The molecule has 0 fully saturated rings. The third-order valence-electron chi connectivity index (χ3n) is 12.8. The van der Waals surface area contributed by atoms with Gasteiger partial charge in [0.25, 0.3) is 0 Å². The zero-order chi connectivity index (χ0) is 41.7. The number of rotatable bonds is 5. The van der Waals surface area contributed by atoms with E-state index in [0.717, 1.165) is 17.1 Å². The lowest BCUT2D eigenvalue weighted by molar-refractivity contribution is 0.590. The number of aromatic nitrogens is 1. The van der Waals surface area contributed by atoms with Crippen LogP contribution in [-0.2, 0) is 16.2 Å². The molecule has 1 aromatic heterocycles. The molecule has 296 valence electrons. The van der Waals surface area contributed by atoms with E-state index in [-0.39, 0.29) is 16.2 Å². The first-order valence-electron chi connectivity index (χ1n) is 21.5. The summed E-state index contributed by atoms with van der Waals surface area (Å²) in [5, 5.41) is 10.2. The Morgan fingerprint density at radius 1 is 0.383 bits per heavy atom. The highest BCUT2D eigenvalue weighted by Gasteiger charge is 2.26. The van der Waals surface area contributed by atoms with Crippen LogP contribution < -0.4 is 4.90 Å². The van der Waals surface area contributed by atoms with Gasteiger partial charge in [0.1, 0.15) is 0 Å². The van der Waals surface area contributed by atoms with Crippen molar-refractivity contribution < 1.29 is 0 Å². The Kier molecular flexibility index (Phi) is 8.57. The van der Waals surface area contributed by atoms with E-state index in [4.69, 9.17) is 0 Å². The Bertz CT molecular complexity index is 3160. The van der Waals surface area contributed by atoms with Gasteiger partial charge in [-0.25, -0.2) is 0 Å². The van der Waals surface area contributed by atoms with Crippen LogP contribution in [0.1, 0.15) is 79.0 Å². The van der Waals surface area contributed by atoms with Gasteiger partial charge in [-0.2, -0.15) is 0 Å². The van der Waals surface area contributed by atoms with Gasteiger partial charge in [0, 0.05) is 32.8 Å². The summed E-state index contributed by atoms with van der Waals surface area (Å²) in [5.74, 6) is 0. The van der Waals surface area contributed by atoms with Crippen LogP contribution in [0.3, 0.4) is 0 Å². The summed E-state index contributed by atoms with van der Waals surface area (Å²) >= 11 is 0. The Morgan fingerprint density at radius 3 is 1.43 bits per heavy atom. The zero-order valence-electron chi connectivity index (χ0n) is 36.5. The summed E-state index contributed by atoms with van der Waals surface area (Å²) in [7, 11) is 0. The molecule has 0 unspecified atom stereocenters. The third kappa shape index (κ3) is 6.15. The number of para-hydroxylation sites is 1. The highest BCUT2D eigenvalue weighted by atomic mass is 15.1. The number of nitrogens with zero attached hydrogens (tertiary/aromatic N) is 2. The van der Waals surface area contributed by atoms with E-state index in [9.17, 15) is 0 Å². The molecule has 0 bridgehead atoms. The number of hydrogen-bond donors (Lipinski definition) is 0. The molecule has 0 aliphatic rings. The molecule has 0 aliphatic heterocycles. The van der Waals surface area contributed by atoms with Gasteiger partial charge in [0.15, 0.2) is 0 Å². The van der Waals surface area contributed by atoms with Crippen molar-refractivity contribution in [2.45, 2.75) is 78.6 Å². The lowest BCUT2D eigenvalue weighted by Crippen LogP contribution is -2.15. The van der Waals surface area contributed by atoms with E-state index in [0.29, 0.717) is 0 Å². The maximum atomic E-state index is 2.52. The summed E-state index contributed by atoms with van der Waals surface area (Å²) in [6.07, 6.45) is 0. The van der Waals surface area contributed by atoms with Gasteiger partial charge in [0.2, 0.25) is 0 Å². The average molecular weight is 779 g/mol. The van der Waals surface area contributed by atoms with Crippen molar-refractivity contribution in [1.29, 1.82) is 0 Å². The standard InChI is InChI=1S/C58H54N2/c1-56(2,3)40-24-31-51(46(34-40)37-16-12-10-13-17-37)59(43-18-14-11-15-19-43)49-29-22-38-21-28-45-50(30-23-39-20-27-44(49)54(38)55(39)45)60-52-32-25-41(57(4,5)6)35-47(52)48-36-42(58(7,8)9)26-33-53(48)60/h10-36H,1-9H3. The van der Waals surface area contributed by atoms with E-state index in [1.54, 1.807) is 0 Å². The molecule has 0 radical (unpaired) electrons. The minimum atomic E-state index is 0.00444. The van der Waals surface area contributed by atoms with Crippen LogP contribution in [0.4, 0.5) is 17.1 Å². The maximum Gasteiger partial charge on any atom is 0.0541 e. The predicted octanol–water partition coefficient (Wildman–Crippen LogP) is 16.7. The van der Waals surface area contributed by atoms with E-state index in [1.807, 2.05) is 0 Å². The molecular weight excluding hydrogens is 725 g/mol. The van der Waals surface area contributed by atoms with Crippen LogP contribution in [0.5, 0.6) is 0 Å². The van der Waals surface area contributed by atoms with Crippen molar-refractivity contribution in [3.63, 3.8) is 0 Å². The van der Waals surface area contributed by atoms with Gasteiger partial charge in [0.05, 0.1) is 28.1 Å². The Hall–Kier alpha value is -6.38. The van der Waals surface area contributed by atoms with Gasteiger partial charge < -0.3 is 9.47 Å². The highest BCUT2D eigenvalue weighted by Crippen LogP contribution is 2.48. The second kappa shape index (κ2) is 13.6. The first kappa shape index (κ1) is 37.9. The van der Waals surface area contributed by atoms with Gasteiger partial charge >= 0.3 is 0 Å². The molecule has 10 rings (SSSR count). The number of benzene rings is 9. The maximum absolute atomic E-state index is 2.52. The summed E-state index contributed by atoms with van der Waals surface area (Å²) in [4.78, 5) is 2.48. The van der Waals surface area contributed by atoms with Crippen molar-refractivity contribution in [1.82, 2.24) is 4.57 Å². The first-order chi connectivity index (χ1) is 28.7. The summed E-state index contributed by atoms with van der Waals surface area (Å²) in [6, 6.07) is 61.8. The predicted molar refractivity (Wildman–Crippen MR) is 261 cm³/mol. The smallest absolute Gasteiger partial charge is 0.0541 e. The van der Waals surface area contributed by atoms with Crippen LogP contribution in [0, 0.1) is 0 Å². The minimum absolute atomic E-state index is 0.00444. The molecule has 0 N–H and O–H groups in total. The molecule has 0 amide bonds. The van der Waals surface area contributed by atoms with E-state index in [1.165, 1.54) is 87.6 Å². The van der Waals surface area contributed by atoms with Crippen molar-refractivity contribution in [3.8, 4) is 16.8 Å². The van der Waals surface area contributed by atoms with E-state index in [2.05, 4.69) is 236 Å². The van der Waals surface area contributed by atoms with E-state index >= 15 is 0 Å². The molecule has 0 saturated heterocycles. The molecule has 2 heteroatoms. The van der Waals surface area contributed by atoms with Crippen LogP contribution in [-0.4, -0.2) is 4.57 Å². The minimum Gasteiger partial charge on any atom is -0.309 e. The molecule has 2 nitrogen and oxygen atoms in total. The normalized spacial score (nSPS) is 12.8. The molecule has 0 atom stereocenters. The summed E-state index contributed by atoms with van der Waals surface area (Å²) < 4.78 is 2.52. The van der Waals surface area contributed by atoms with Crippen molar-refractivity contribution >= 4 is 71.2 Å². The van der Waals surface area contributed by atoms with Crippen molar-refractivity contribution in [2.24, 2.45) is 0 Å². The van der Waals surface area contributed by atoms with E-state index < -0.39 is 0 Å². The summed E-state index contributed by atoms with van der Waals surface area (Å²) in [6.45, 7) is 20.8. The van der Waals surface area contributed by atoms with Gasteiger partial charge in [-0.1, -0.05) is 165 Å². The Balaban J connectivity index is 1.26. The average Bonchev–Trinajstić information content (AvgIpc) is 3.56. The molecule has 60 heavy (non-hydrogen) atoms. The lowest BCUT2D eigenvalue weighted by atomic mass is 9.84. The molecule has 10 aromatic rings. The van der Waals surface area contributed by atoms with Crippen LogP contribution in [0.25, 0.3) is 70.9 Å². The number of fused-ring (bicyclic) bond motifs is 3. The number of hydrogen-bond acceptors (Lipinski definition) is 1. The SMILES string of the molecule is CC(C)(C)c1ccc(N(c2ccccc2)c2ccc3ccc4c(-n5c6ccc(C(C)(C)C)cc6c6cc(C(C)(C)C)ccc65)ccc5ccc2c3c54)c(-c2ccccc2)c1. The second-order valence-corrected chi connectivity index (χ2v) is 19.9. The molecule has 9 aromatic carbocycles. The van der Waals surface area contributed by atoms with Crippen LogP contribution in [0.15, 0.2) is 164 Å².